The van der Waals surface area contributed by atoms with Crippen molar-refractivity contribution >= 4 is 23.1 Å². The van der Waals surface area contributed by atoms with E-state index in [0.717, 1.165) is 12.0 Å². The van der Waals surface area contributed by atoms with Gasteiger partial charge in [0.15, 0.2) is 23.0 Å². The molecular formula is C25H24F2N6O2. The molecule has 2 atom stereocenters. The van der Waals surface area contributed by atoms with Crippen LogP contribution in [0, 0.1) is 11.6 Å². The normalized spacial score (nSPS) is 16.8. The molecule has 1 saturated carbocycles. The highest BCUT2D eigenvalue weighted by molar-refractivity contribution is 5.96. The van der Waals surface area contributed by atoms with Gasteiger partial charge in [0.05, 0.1) is 19.0 Å². The van der Waals surface area contributed by atoms with Crippen LogP contribution in [0.5, 0.6) is 5.75 Å². The number of anilines is 2. The van der Waals surface area contributed by atoms with Gasteiger partial charge in [-0.25, -0.2) is 14.4 Å². The predicted molar refractivity (Wildman–Crippen MR) is 128 cm³/mol. The van der Waals surface area contributed by atoms with Gasteiger partial charge in [-0.15, -0.1) is 0 Å². The summed E-state index contributed by atoms with van der Waals surface area (Å²) in [7, 11) is 1.28. The summed E-state index contributed by atoms with van der Waals surface area (Å²) in [6.45, 7) is 1.97. The van der Waals surface area contributed by atoms with Crippen molar-refractivity contribution in [3.63, 3.8) is 0 Å². The zero-order chi connectivity index (χ0) is 24.7. The Kier molecular flexibility index (Phi) is 5.81. The fourth-order valence-corrected chi connectivity index (χ4v) is 4.04. The molecule has 180 valence electrons. The summed E-state index contributed by atoms with van der Waals surface area (Å²) >= 11 is 0. The topological polar surface area (TPSA) is 107 Å². The molecule has 0 bridgehead atoms. The molecule has 4 aromatic rings. The lowest BCUT2D eigenvalue weighted by Gasteiger charge is -2.13. The van der Waals surface area contributed by atoms with Gasteiger partial charge in [0, 0.05) is 41.3 Å². The summed E-state index contributed by atoms with van der Waals surface area (Å²) in [5.74, 6) is -1.97. The van der Waals surface area contributed by atoms with E-state index in [1.165, 1.54) is 25.4 Å². The zero-order valence-electron chi connectivity index (χ0n) is 19.2. The number of fused-ring (bicyclic) bond motifs is 1. The summed E-state index contributed by atoms with van der Waals surface area (Å²) in [6.07, 6.45) is 6.07. The summed E-state index contributed by atoms with van der Waals surface area (Å²) < 4.78 is 35.5. The second-order valence-corrected chi connectivity index (χ2v) is 8.39. The average Bonchev–Trinajstić information content (AvgIpc) is 3.37. The quantitative estimate of drug-likeness (QED) is 0.373. The number of ether oxygens (including phenoxy) is 1. The molecule has 1 amide bonds. The molecular weight excluding hydrogens is 454 g/mol. The molecule has 1 fully saturated rings. The van der Waals surface area contributed by atoms with Gasteiger partial charge in [-0.2, -0.15) is 4.39 Å². The Labute approximate surface area is 200 Å². The number of carbonyl (C=O) groups excluding carboxylic acids is 1. The van der Waals surface area contributed by atoms with Gasteiger partial charge in [-0.05, 0) is 48.7 Å². The van der Waals surface area contributed by atoms with Crippen LogP contribution in [-0.2, 0) is 6.42 Å². The maximum absolute atomic E-state index is 14.7. The van der Waals surface area contributed by atoms with Crippen molar-refractivity contribution in [3.05, 3.63) is 71.7 Å². The monoisotopic (exact) mass is 478 g/mol. The van der Waals surface area contributed by atoms with E-state index in [9.17, 15) is 13.6 Å². The van der Waals surface area contributed by atoms with Crippen molar-refractivity contribution < 1.29 is 18.3 Å². The zero-order valence-corrected chi connectivity index (χ0v) is 19.2. The number of nitrogens with two attached hydrogens (primary N) is 1. The van der Waals surface area contributed by atoms with Crippen molar-refractivity contribution in [1.29, 1.82) is 0 Å². The average molecular weight is 479 g/mol. The van der Waals surface area contributed by atoms with Crippen molar-refractivity contribution in [2.75, 3.05) is 12.4 Å². The van der Waals surface area contributed by atoms with Crippen LogP contribution < -0.4 is 21.1 Å². The van der Waals surface area contributed by atoms with Gasteiger partial charge < -0.3 is 21.1 Å². The van der Waals surface area contributed by atoms with Crippen LogP contribution in [0.2, 0.25) is 0 Å². The number of imidazole rings is 1. The highest BCUT2D eigenvalue weighted by atomic mass is 19.2. The Morgan fingerprint density at radius 1 is 1.23 bits per heavy atom. The largest absolute Gasteiger partial charge is 0.494 e. The maximum atomic E-state index is 14.7. The molecule has 4 N–H and O–H groups in total. The van der Waals surface area contributed by atoms with Crippen LogP contribution in [-0.4, -0.2) is 39.5 Å². The van der Waals surface area contributed by atoms with Gasteiger partial charge in [0.1, 0.15) is 0 Å². The fraction of sp³-hybridized carbons (Fsp3) is 0.240. The van der Waals surface area contributed by atoms with Crippen molar-refractivity contribution in [2.45, 2.75) is 31.8 Å². The first kappa shape index (κ1) is 22.7. The molecule has 2 aromatic heterocycles. The van der Waals surface area contributed by atoms with E-state index < -0.39 is 11.6 Å². The number of halogens is 2. The Bertz CT molecular complexity index is 1440. The standard InChI is InChI=1S/C25H24F2N6O2/c1-3-13-10-14(4-5-15(13)25(34)32-18-11-17(18)28)31-23-24-30-12-19(33(24)9-8-29-23)16-6-7-20(35-2)22(27)21(16)26/h4-10,12,17-18H,3,11,28H2,1-2H3,(H,29,31)(H,32,34)/t17-,18+/m0/s1. The van der Waals surface area contributed by atoms with E-state index in [4.69, 9.17) is 10.5 Å². The Morgan fingerprint density at radius 2 is 2.03 bits per heavy atom. The number of hydrogen-bond donors (Lipinski definition) is 3. The molecule has 2 aromatic carbocycles. The number of hydrogen-bond acceptors (Lipinski definition) is 6. The third kappa shape index (κ3) is 4.17. The lowest BCUT2D eigenvalue weighted by atomic mass is 10.0. The third-order valence-electron chi connectivity index (χ3n) is 6.12. The van der Waals surface area contributed by atoms with Crippen molar-refractivity contribution in [3.8, 4) is 17.0 Å². The van der Waals surface area contributed by atoms with Crippen LogP contribution >= 0.6 is 0 Å². The van der Waals surface area contributed by atoms with Gasteiger partial charge in [-0.3, -0.25) is 9.20 Å². The molecule has 1 aliphatic rings. The fourth-order valence-electron chi connectivity index (χ4n) is 4.04. The highest BCUT2D eigenvalue weighted by Gasteiger charge is 2.35. The first-order chi connectivity index (χ1) is 16.9. The second kappa shape index (κ2) is 8.95. The van der Waals surface area contributed by atoms with E-state index in [-0.39, 0.29) is 29.3 Å². The Balaban J connectivity index is 1.45. The van der Waals surface area contributed by atoms with Gasteiger partial charge in [0.25, 0.3) is 5.91 Å². The highest BCUT2D eigenvalue weighted by Crippen LogP contribution is 2.31. The molecule has 0 aliphatic heterocycles. The third-order valence-corrected chi connectivity index (χ3v) is 6.12. The number of amides is 1. The molecule has 35 heavy (non-hydrogen) atoms. The molecule has 5 rings (SSSR count). The molecule has 0 radical (unpaired) electrons. The minimum Gasteiger partial charge on any atom is -0.494 e. The van der Waals surface area contributed by atoms with Gasteiger partial charge >= 0.3 is 0 Å². The Morgan fingerprint density at radius 3 is 2.74 bits per heavy atom. The summed E-state index contributed by atoms with van der Waals surface area (Å²) in [5, 5.41) is 6.17. The summed E-state index contributed by atoms with van der Waals surface area (Å²) in [5.41, 5.74) is 8.83. The number of aryl methyl sites for hydroxylation is 1. The summed E-state index contributed by atoms with van der Waals surface area (Å²) in [6, 6.07) is 8.30. The van der Waals surface area contributed by atoms with Crippen LogP contribution in [0.1, 0.15) is 29.3 Å². The van der Waals surface area contributed by atoms with E-state index in [2.05, 4.69) is 20.6 Å². The van der Waals surface area contributed by atoms with Crippen LogP contribution in [0.4, 0.5) is 20.3 Å². The molecule has 2 heterocycles. The van der Waals surface area contributed by atoms with Gasteiger partial charge in [0.2, 0.25) is 5.82 Å². The number of nitrogens with one attached hydrogen (secondary N) is 2. The van der Waals surface area contributed by atoms with Gasteiger partial charge in [-0.1, -0.05) is 6.92 Å². The van der Waals surface area contributed by atoms with E-state index in [0.29, 0.717) is 34.8 Å². The lowest BCUT2D eigenvalue weighted by molar-refractivity contribution is 0.0949. The number of aromatic nitrogens is 3. The minimum atomic E-state index is -1.06. The number of benzene rings is 2. The second-order valence-electron chi connectivity index (χ2n) is 8.39. The summed E-state index contributed by atoms with van der Waals surface area (Å²) in [4.78, 5) is 21.4. The smallest absolute Gasteiger partial charge is 0.251 e. The number of nitrogens with zero attached hydrogens (tertiary/aromatic N) is 3. The first-order valence-corrected chi connectivity index (χ1v) is 11.2. The molecule has 1 aliphatic carbocycles. The first-order valence-electron chi connectivity index (χ1n) is 11.2. The van der Waals surface area contributed by atoms with E-state index >= 15 is 0 Å². The van der Waals surface area contributed by atoms with Crippen molar-refractivity contribution in [2.24, 2.45) is 5.73 Å². The SMILES string of the molecule is CCc1cc(Nc2nccn3c(-c4ccc(OC)c(F)c4F)cnc23)ccc1C(=O)N[C@@H]1C[C@@H]1N. The maximum Gasteiger partial charge on any atom is 0.251 e. The number of methoxy groups -OCH3 is 1. The molecule has 0 spiro atoms. The van der Waals surface area contributed by atoms with Crippen LogP contribution in [0.3, 0.4) is 0 Å². The van der Waals surface area contributed by atoms with Crippen molar-refractivity contribution in [1.82, 2.24) is 19.7 Å². The molecule has 0 saturated heterocycles. The predicted octanol–water partition coefficient (Wildman–Crippen LogP) is 3.82. The lowest BCUT2D eigenvalue weighted by Crippen LogP contribution is -2.30. The number of rotatable bonds is 7. The van der Waals surface area contributed by atoms with Crippen LogP contribution in [0.25, 0.3) is 16.9 Å². The van der Waals surface area contributed by atoms with Crippen LogP contribution in [0.15, 0.2) is 48.9 Å². The molecule has 0 unspecified atom stereocenters. The number of carbonyl (C=O) groups is 1. The van der Waals surface area contributed by atoms with E-state index in [1.807, 2.05) is 13.0 Å². The molecule has 8 nitrogen and oxygen atoms in total. The van der Waals surface area contributed by atoms with E-state index in [1.54, 1.807) is 28.9 Å². The Hall–Kier alpha value is -4.05. The molecule has 10 heteroatoms. The minimum absolute atomic E-state index is 0.0267.